The number of pyridine rings is 1. The van der Waals surface area contributed by atoms with Crippen molar-refractivity contribution in [3.05, 3.63) is 30.1 Å². The third-order valence-electron chi connectivity index (χ3n) is 4.09. The minimum atomic E-state index is -0.191. The molecular formula is C15H25N3O. The highest BCUT2D eigenvalue weighted by Crippen LogP contribution is 2.40. The van der Waals surface area contributed by atoms with E-state index in [1.807, 2.05) is 12.3 Å². The molecule has 0 saturated heterocycles. The molecule has 1 aromatic heterocycles. The number of hydrogen-bond acceptors (Lipinski definition) is 4. The highest BCUT2D eigenvalue weighted by Gasteiger charge is 2.40. The fourth-order valence-corrected chi connectivity index (χ4v) is 3.23. The summed E-state index contributed by atoms with van der Waals surface area (Å²) < 4.78 is 6.19. The molecule has 3 N–H and O–H groups in total. The van der Waals surface area contributed by atoms with Gasteiger partial charge in [0.15, 0.2) is 0 Å². The van der Waals surface area contributed by atoms with Gasteiger partial charge in [-0.15, -0.1) is 0 Å². The van der Waals surface area contributed by atoms with E-state index in [-0.39, 0.29) is 11.6 Å². The lowest BCUT2D eigenvalue weighted by atomic mass is 9.83. The predicted octanol–water partition coefficient (Wildman–Crippen LogP) is 2.72. The lowest BCUT2D eigenvalue weighted by molar-refractivity contribution is -0.0783. The van der Waals surface area contributed by atoms with Crippen LogP contribution in [-0.2, 0) is 4.74 Å². The van der Waals surface area contributed by atoms with E-state index in [0.29, 0.717) is 0 Å². The quantitative estimate of drug-likeness (QED) is 0.487. The zero-order chi connectivity index (χ0) is 13.6. The van der Waals surface area contributed by atoms with Crippen LogP contribution in [0.15, 0.2) is 24.5 Å². The Bertz CT molecular complexity index is 361. The molecule has 2 rings (SSSR count). The Morgan fingerprint density at radius 3 is 2.63 bits per heavy atom. The van der Waals surface area contributed by atoms with Crippen LogP contribution in [0.25, 0.3) is 0 Å². The second-order valence-electron chi connectivity index (χ2n) is 5.30. The van der Waals surface area contributed by atoms with Gasteiger partial charge in [0, 0.05) is 19.0 Å². The van der Waals surface area contributed by atoms with Crippen molar-refractivity contribution >= 4 is 0 Å². The summed E-state index contributed by atoms with van der Waals surface area (Å²) in [5.41, 5.74) is 3.90. The zero-order valence-corrected chi connectivity index (χ0v) is 11.8. The van der Waals surface area contributed by atoms with Gasteiger partial charge in [-0.2, -0.15) is 0 Å². The van der Waals surface area contributed by atoms with Gasteiger partial charge in [0.05, 0.1) is 11.6 Å². The van der Waals surface area contributed by atoms with Crippen LogP contribution < -0.4 is 11.3 Å². The predicted molar refractivity (Wildman–Crippen MR) is 76.4 cm³/mol. The molecule has 1 saturated carbocycles. The standard InChI is InChI=1S/C15H25N3O/c1-2-19-15(9-5-3-4-6-10-15)14(18-16)13-8-7-11-17-12-13/h7-8,11-12,14,18H,2-6,9-10,16H2,1H3. The summed E-state index contributed by atoms with van der Waals surface area (Å²) >= 11 is 0. The van der Waals surface area contributed by atoms with Crippen LogP contribution >= 0.6 is 0 Å². The smallest absolute Gasteiger partial charge is 0.0889 e. The van der Waals surface area contributed by atoms with Crippen LogP contribution in [0.4, 0.5) is 0 Å². The van der Waals surface area contributed by atoms with Crippen LogP contribution in [-0.4, -0.2) is 17.2 Å². The molecule has 106 valence electrons. The number of nitrogens with two attached hydrogens (primary N) is 1. The number of nitrogens with zero attached hydrogens (tertiary/aromatic N) is 1. The maximum Gasteiger partial charge on any atom is 0.0889 e. The average Bonchev–Trinajstić information content (AvgIpc) is 2.68. The van der Waals surface area contributed by atoms with Crippen molar-refractivity contribution in [1.29, 1.82) is 0 Å². The monoisotopic (exact) mass is 263 g/mol. The largest absolute Gasteiger partial charge is 0.373 e. The Labute approximate surface area is 115 Å². The second-order valence-corrected chi connectivity index (χ2v) is 5.30. The van der Waals surface area contributed by atoms with Crippen molar-refractivity contribution in [2.24, 2.45) is 5.84 Å². The average molecular weight is 263 g/mol. The number of aromatic nitrogens is 1. The topological polar surface area (TPSA) is 60.2 Å². The summed E-state index contributed by atoms with van der Waals surface area (Å²) in [6, 6.07) is 4.04. The molecule has 0 bridgehead atoms. The Balaban J connectivity index is 2.29. The summed E-state index contributed by atoms with van der Waals surface area (Å²) in [5, 5.41) is 0. The maximum absolute atomic E-state index is 6.19. The van der Waals surface area contributed by atoms with Gasteiger partial charge in [-0.05, 0) is 31.4 Å². The molecule has 1 aliphatic rings. The molecule has 0 radical (unpaired) electrons. The molecule has 0 aromatic carbocycles. The molecule has 4 heteroatoms. The fraction of sp³-hybridized carbons (Fsp3) is 0.667. The van der Waals surface area contributed by atoms with E-state index in [0.717, 1.165) is 25.0 Å². The van der Waals surface area contributed by atoms with Gasteiger partial charge in [0.1, 0.15) is 0 Å². The second kappa shape index (κ2) is 6.98. The number of ether oxygens (including phenoxy) is 1. The van der Waals surface area contributed by atoms with E-state index in [9.17, 15) is 0 Å². The first-order valence-corrected chi connectivity index (χ1v) is 7.32. The van der Waals surface area contributed by atoms with Gasteiger partial charge in [0.25, 0.3) is 0 Å². The van der Waals surface area contributed by atoms with E-state index in [1.165, 1.54) is 25.7 Å². The van der Waals surface area contributed by atoms with Crippen molar-refractivity contribution in [2.45, 2.75) is 57.1 Å². The van der Waals surface area contributed by atoms with Gasteiger partial charge in [0.2, 0.25) is 0 Å². The summed E-state index contributed by atoms with van der Waals surface area (Å²) in [4.78, 5) is 4.21. The van der Waals surface area contributed by atoms with Gasteiger partial charge in [-0.3, -0.25) is 16.3 Å². The number of rotatable bonds is 5. The van der Waals surface area contributed by atoms with Crippen LogP contribution in [0.1, 0.15) is 57.1 Å². The molecule has 4 nitrogen and oxygen atoms in total. The lowest BCUT2D eigenvalue weighted by Gasteiger charge is -2.40. The summed E-state index contributed by atoms with van der Waals surface area (Å²) in [5.74, 6) is 5.84. The first-order chi connectivity index (χ1) is 9.32. The Kier molecular flexibility index (Phi) is 5.31. The van der Waals surface area contributed by atoms with E-state index in [4.69, 9.17) is 10.6 Å². The highest BCUT2D eigenvalue weighted by atomic mass is 16.5. The minimum Gasteiger partial charge on any atom is -0.373 e. The highest BCUT2D eigenvalue weighted by molar-refractivity contribution is 5.18. The van der Waals surface area contributed by atoms with Crippen LogP contribution in [0.2, 0.25) is 0 Å². The molecule has 1 aromatic rings. The van der Waals surface area contributed by atoms with E-state index in [1.54, 1.807) is 6.20 Å². The Morgan fingerprint density at radius 2 is 2.11 bits per heavy atom. The maximum atomic E-state index is 6.19. The van der Waals surface area contributed by atoms with Gasteiger partial charge in [-0.1, -0.05) is 31.7 Å². The summed E-state index contributed by atoms with van der Waals surface area (Å²) in [6.07, 6.45) is 10.8. The van der Waals surface area contributed by atoms with Crippen molar-refractivity contribution in [3.63, 3.8) is 0 Å². The van der Waals surface area contributed by atoms with Crippen LogP contribution in [0.3, 0.4) is 0 Å². The molecule has 1 fully saturated rings. The molecule has 1 atom stereocenters. The number of hydrogen-bond donors (Lipinski definition) is 2. The normalized spacial score (nSPS) is 20.7. The van der Waals surface area contributed by atoms with Crippen LogP contribution in [0, 0.1) is 0 Å². The molecule has 19 heavy (non-hydrogen) atoms. The molecular weight excluding hydrogens is 238 g/mol. The third-order valence-corrected chi connectivity index (χ3v) is 4.09. The van der Waals surface area contributed by atoms with Crippen molar-refractivity contribution in [1.82, 2.24) is 10.4 Å². The molecule has 0 spiro atoms. The Morgan fingerprint density at radius 1 is 1.37 bits per heavy atom. The van der Waals surface area contributed by atoms with E-state index < -0.39 is 0 Å². The van der Waals surface area contributed by atoms with Crippen molar-refractivity contribution in [2.75, 3.05) is 6.61 Å². The third kappa shape index (κ3) is 3.32. The summed E-state index contributed by atoms with van der Waals surface area (Å²) in [6.45, 7) is 2.78. The minimum absolute atomic E-state index is 0.0132. The first kappa shape index (κ1) is 14.4. The fourth-order valence-electron chi connectivity index (χ4n) is 3.23. The van der Waals surface area contributed by atoms with Crippen LogP contribution in [0.5, 0.6) is 0 Å². The van der Waals surface area contributed by atoms with Gasteiger partial charge < -0.3 is 4.74 Å². The van der Waals surface area contributed by atoms with Gasteiger partial charge in [-0.25, -0.2) is 0 Å². The molecule has 1 unspecified atom stereocenters. The first-order valence-electron chi connectivity index (χ1n) is 7.32. The SMILES string of the molecule is CCOC1(C(NN)c2cccnc2)CCCCCC1. The molecule has 0 amide bonds. The van der Waals surface area contributed by atoms with Gasteiger partial charge >= 0.3 is 0 Å². The Hall–Kier alpha value is -0.970. The zero-order valence-electron chi connectivity index (χ0n) is 11.8. The lowest BCUT2D eigenvalue weighted by Crippen LogP contribution is -2.48. The summed E-state index contributed by atoms with van der Waals surface area (Å²) in [7, 11) is 0. The van der Waals surface area contributed by atoms with E-state index >= 15 is 0 Å². The number of hydrazine groups is 1. The molecule has 1 heterocycles. The number of nitrogens with one attached hydrogen (secondary N) is 1. The van der Waals surface area contributed by atoms with Crippen molar-refractivity contribution in [3.8, 4) is 0 Å². The molecule has 0 aliphatic heterocycles. The molecule has 1 aliphatic carbocycles. The van der Waals surface area contributed by atoms with E-state index in [2.05, 4.69) is 23.4 Å². The van der Waals surface area contributed by atoms with Crippen molar-refractivity contribution < 1.29 is 4.74 Å².